The molecule has 1 amide bonds. The molecule has 2 aliphatic heterocycles. The molecule has 1 unspecified atom stereocenters. The van der Waals surface area contributed by atoms with Crippen molar-refractivity contribution in [2.24, 2.45) is 16.8 Å². The van der Waals surface area contributed by atoms with Gasteiger partial charge in [0.05, 0.1) is 19.2 Å². The first-order valence-corrected chi connectivity index (χ1v) is 12.8. The smallest absolute Gasteiger partial charge is 0.251 e. The lowest BCUT2D eigenvalue weighted by Gasteiger charge is -2.34. The zero-order chi connectivity index (χ0) is 25.5. The van der Waals surface area contributed by atoms with Crippen LogP contribution in [0.2, 0.25) is 0 Å². The SMILES string of the molecule is CC(C)C1=CCC=C(C(=O)NC2C=CC(N3CCC(COc4cccc(C(O)O)c4)CC3)=NC2)C=C1. The molecule has 0 bridgehead atoms. The van der Waals surface area contributed by atoms with Gasteiger partial charge in [-0.1, -0.05) is 50.3 Å². The number of dihydropyridines is 1. The number of aliphatic imine (C=N–C) groups is 1. The van der Waals surface area contributed by atoms with Crippen molar-refractivity contribution >= 4 is 11.7 Å². The van der Waals surface area contributed by atoms with Gasteiger partial charge in [-0.3, -0.25) is 9.79 Å². The number of likely N-dealkylation sites (tertiary alicyclic amines) is 1. The third-order valence-electron chi connectivity index (χ3n) is 6.90. The average Bonchev–Trinajstić information content (AvgIpc) is 3.15. The van der Waals surface area contributed by atoms with Crippen LogP contribution in [-0.4, -0.2) is 59.1 Å². The molecule has 1 aromatic rings. The summed E-state index contributed by atoms with van der Waals surface area (Å²) in [5, 5.41) is 21.7. The van der Waals surface area contributed by atoms with Gasteiger partial charge >= 0.3 is 0 Å². The fourth-order valence-corrected chi connectivity index (χ4v) is 4.61. The molecule has 1 saturated heterocycles. The number of hydrogen-bond acceptors (Lipinski definition) is 6. The highest BCUT2D eigenvalue weighted by Crippen LogP contribution is 2.23. The molecule has 192 valence electrons. The number of allylic oxidation sites excluding steroid dienone is 4. The Labute approximate surface area is 213 Å². The van der Waals surface area contributed by atoms with E-state index in [-0.39, 0.29) is 11.9 Å². The number of carbonyl (C=O) groups is 1. The molecule has 0 spiro atoms. The van der Waals surface area contributed by atoms with Crippen LogP contribution in [0.25, 0.3) is 0 Å². The number of nitrogens with zero attached hydrogens (tertiary/aromatic N) is 2. The van der Waals surface area contributed by atoms with Crippen LogP contribution in [0.4, 0.5) is 0 Å². The van der Waals surface area contributed by atoms with Crippen LogP contribution < -0.4 is 10.1 Å². The van der Waals surface area contributed by atoms with Crippen molar-refractivity contribution in [3.05, 3.63) is 77.4 Å². The summed E-state index contributed by atoms with van der Waals surface area (Å²) in [4.78, 5) is 19.8. The molecule has 1 atom stereocenters. The molecule has 1 aliphatic carbocycles. The molecule has 0 saturated carbocycles. The predicted molar refractivity (Wildman–Crippen MR) is 142 cm³/mol. The molecule has 7 heteroatoms. The first kappa shape index (κ1) is 25.9. The third-order valence-corrected chi connectivity index (χ3v) is 6.90. The highest BCUT2D eigenvalue weighted by molar-refractivity contribution is 5.97. The molecule has 3 N–H and O–H groups in total. The number of hydrogen-bond donors (Lipinski definition) is 3. The fourth-order valence-electron chi connectivity index (χ4n) is 4.61. The van der Waals surface area contributed by atoms with Gasteiger partial charge in [-0.25, -0.2) is 0 Å². The van der Waals surface area contributed by atoms with E-state index in [4.69, 9.17) is 9.73 Å². The molecule has 7 nitrogen and oxygen atoms in total. The summed E-state index contributed by atoms with van der Waals surface area (Å²) in [5.41, 5.74) is 2.39. The van der Waals surface area contributed by atoms with Crippen molar-refractivity contribution in [1.82, 2.24) is 10.2 Å². The Balaban J connectivity index is 1.20. The molecule has 0 radical (unpaired) electrons. The first-order chi connectivity index (χ1) is 17.4. The summed E-state index contributed by atoms with van der Waals surface area (Å²) in [7, 11) is 0. The van der Waals surface area contributed by atoms with Crippen molar-refractivity contribution in [1.29, 1.82) is 0 Å². The number of aliphatic hydroxyl groups excluding tert-OH is 1. The van der Waals surface area contributed by atoms with Gasteiger partial charge in [0.1, 0.15) is 11.6 Å². The highest BCUT2D eigenvalue weighted by atomic mass is 16.5. The molecule has 1 fully saturated rings. The maximum absolute atomic E-state index is 12.7. The Morgan fingerprint density at radius 2 is 1.97 bits per heavy atom. The molecule has 0 aromatic heterocycles. The van der Waals surface area contributed by atoms with Gasteiger partial charge in [0.15, 0.2) is 6.29 Å². The Bertz CT molecular complexity index is 1080. The lowest BCUT2D eigenvalue weighted by Crippen LogP contribution is -2.43. The maximum atomic E-state index is 12.7. The second-order valence-corrected chi connectivity index (χ2v) is 9.91. The standard InChI is InChI=1S/C29H37N3O4/c1-20(2)22-5-3-6-23(10-9-22)28(33)31-25-11-12-27(30-18-25)32-15-13-21(14-16-32)19-36-26-8-4-7-24(17-26)29(34)35/h4-12,17,20-21,25,29,34-35H,3,13-16,18-19H2,1-2H3,(H,31,33). The number of piperidine rings is 1. The van der Waals surface area contributed by atoms with Gasteiger partial charge in [-0.05, 0) is 61.0 Å². The van der Waals surface area contributed by atoms with E-state index in [1.807, 2.05) is 36.4 Å². The number of benzene rings is 1. The molecule has 2 heterocycles. The van der Waals surface area contributed by atoms with Crippen molar-refractivity contribution in [3.8, 4) is 5.75 Å². The van der Waals surface area contributed by atoms with Crippen LogP contribution in [0.1, 0.15) is 45.0 Å². The number of aliphatic hydroxyl groups is 2. The van der Waals surface area contributed by atoms with Crippen LogP contribution in [0.15, 0.2) is 76.9 Å². The molecule has 36 heavy (non-hydrogen) atoms. The van der Waals surface area contributed by atoms with Gasteiger partial charge in [0, 0.05) is 24.2 Å². The second kappa shape index (κ2) is 12.2. The third kappa shape index (κ3) is 6.95. The molecular formula is C29H37N3O4. The predicted octanol–water partition coefficient (Wildman–Crippen LogP) is 3.68. The average molecular weight is 492 g/mol. The normalized spacial score (nSPS) is 20.7. The molecule has 3 aliphatic rings. The van der Waals surface area contributed by atoms with Crippen LogP contribution in [0, 0.1) is 11.8 Å². The van der Waals surface area contributed by atoms with E-state index in [0.29, 0.717) is 41.9 Å². The van der Waals surface area contributed by atoms with Crippen molar-refractivity contribution in [2.75, 3.05) is 26.2 Å². The minimum Gasteiger partial charge on any atom is -0.493 e. The van der Waals surface area contributed by atoms with Crippen molar-refractivity contribution in [2.45, 2.75) is 45.4 Å². The topological polar surface area (TPSA) is 94.4 Å². The van der Waals surface area contributed by atoms with E-state index in [2.05, 4.69) is 30.1 Å². The van der Waals surface area contributed by atoms with Crippen LogP contribution in [0.5, 0.6) is 5.75 Å². The summed E-state index contributed by atoms with van der Waals surface area (Å²) in [6.07, 6.45) is 13.4. The van der Waals surface area contributed by atoms with E-state index in [0.717, 1.165) is 38.2 Å². The van der Waals surface area contributed by atoms with Crippen molar-refractivity contribution < 1.29 is 19.7 Å². The second-order valence-electron chi connectivity index (χ2n) is 9.91. The van der Waals surface area contributed by atoms with Gasteiger partial charge in [0.25, 0.3) is 5.91 Å². The number of carbonyl (C=O) groups excluding carboxylic acids is 1. The number of nitrogens with one attached hydrogen (secondary N) is 1. The molecule has 1 aromatic carbocycles. The van der Waals surface area contributed by atoms with E-state index in [1.54, 1.807) is 18.2 Å². The summed E-state index contributed by atoms with van der Waals surface area (Å²) in [5.74, 6) is 2.46. The number of amides is 1. The quantitative estimate of drug-likeness (QED) is 0.506. The van der Waals surface area contributed by atoms with Gasteiger partial charge in [-0.15, -0.1) is 0 Å². The lowest BCUT2D eigenvalue weighted by atomic mass is 9.97. The zero-order valence-corrected chi connectivity index (χ0v) is 21.1. The fraction of sp³-hybridized carbons (Fsp3) is 0.448. The highest BCUT2D eigenvalue weighted by Gasteiger charge is 2.23. The number of rotatable bonds is 7. The summed E-state index contributed by atoms with van der Waals surface area (Å²) >= 11 is 0. The first-order valence-electron chi connectivity index (χ1n) is 12.8. The van der Waals surface area contributed by atoms with E-state index < -0.39 is 6.29 Å². The Morgan fingerprint density at radius 3 is 2.67 bits per heavy atom. The van der Waals surface area contributed by atoms with Crippen LogP contribution >= 0.6 is 0 Å². The maximum Gasteiger partial charge on any atom is 0.251 e. The van der Waals surface area contributed by atoms with Gasteiger partial charge in [-0.2, -0.15) is 0 Å². The number of amidine groups is 1. The molecule has 4 rings (SSSR count). The number of ether oxygens (including phenoxy) is 1. The van der Waals surface area contributed by atoms with Gasteiger partial charge in [0.2, 0.25) is 0 Å². The summed E-state index contributed by atoms with van der Waals surface area (Å²) < 4.78 is 5.91. The monoisotopic (exact) mass is 491 g/mol. The minimum atomic E-state index is -1.49. The largest absolute Gasteiger partial charge is 0.493 e. The van der Waals surface area contributed by atoms with Crippen LogP contribution in [-0.2, 0) is 4.79 Å². The zero-order valence-electron chi connectivity index (χ0n) is 21.1. The summed E-state index contributed by atoms with van der Waals surface area (Å²) in [6, 6.07) is 6.82. The van der Waals surface area contributed by atoms with E-state index in [1.165, 1.54) is 5.57 Å². The van der Waals surface area contributed by atoms with Crippen molar-refractivity contribution in [3.63, 3.8) is 0 Å². The molecular weight excluding hydrogens is 454 g/mol. The Hall–Kier alpha value is -3.16. The van der Waals surface area contributed by atoms with Gasteiger partial charge < -0.3 is 25.2 Å². The summed E-state index contributed by atoms with van der Waals surface area (Å²) in [6.45, 7) is 7.28. The van der Waals surface area contributed by atoms with E-state index >= 15 is 0 Å². The van der Waals surface area contributed by atoms with E-state index in [9.17, 15) is 15.0 Å². The van der Waals surface area contributed by atoms with Crippen LogP contribution in [0.3, 0.4) is 0 Å². The Kier molecular flexibility index (Phi) is 8.78. The lowest BCUT2D eigenvalue weighted by molar-refractivity contribution is -0.117. The Morgan fingerprint density at radius 1 is 1.17 bits per heavy atom. The minimum absolute atomic E-state index is 0.0576.